The van der Waals surface area contributed by atoms with Crippen molar-refractivity contribution < 1.29 is 4.74 Å². The summed E-state index contributed by atoms with van der Waals surface area (Å²) in [5.41, 5.74) is 2.38. The molecule has 0 aliphatic rings. The molecule has 0 spiro atoms. The molecule has 21 heavy (non-hydrogen) atoms. The molecule has 2 heterocycles. The zero-order valence-corrected chi connectivity index (χ0v) is 14.4. The number of hydrogen-bond donors (Lipinski definition) is 0. The number of thiazole rings is 1. The first kappa shape index (κ1) is 14.6. The van der Waals surface area contributed by atoms with Crippen LogP contribution < -0.4 is 4.74 Å². The third-order valence-electron chi connectivity index (χ3n) is 3.73. The van der Waals surface area contributed by atoms with Crippen LogP contribution in [0.4, 0.5) is 0 Å². The van der Waals surface area contributed by atoms with Gasteiger partial charge in [-0.1, -0.05) is 41.9 Å². The van der Waals surface area contributed by atoms with Crippen LogP contribution in [-0.2, 0) is 5.33 Å². The van der Waals surface area contributed by atoms with Crippen LogP contribution in [0, 0.1) is 0 Å². The van der Waals surface area contributed by atoms with Crippen LogP contribution in [-0.4, -0.2) is 9.38 Å². The lowest BCUT2D eigenvalue weighted by atomic mass is 9.99. The number of aromatic nitrogens is 2. The number of rotatable bonds is 5. The van der Waals surface area contributed by atoms with Crippen molar-refractivity contribution in [3.8, 4) is 11.6 Å². The fraction of sp³-hybridized carbons (Fsp3) is 0.312. The van der Waals surface area contributed by atoms with Crippen molar-refractivity contribution in [1.29, 1.82) is 0 Å². The zero-order valence-electron chi connectivity index (χ0n) is 12.0. The van der Waals surface area contributed by atoms with Crippen molar-refractivity contribution >= 4 is 32.2 Å². The molecule has 3 rings (SSSR count). The van der Waals surface area contributed by atoms with Crippen molar-refractivity contribution in [3.05, 3.63) is 47.1 Å². The minimum atomic E-state index is 0.579. The standard InChI is InChI=1S/C16H17BrN2OS/c1-3-11(2)12-4-6-13(7-5-12)20-15-14(10-17)19-8-9-21-16(19)18-15/h4-9,11H,3,10H2,1-2H3. The number of alkyl halides is 1. The largest absolute Gasteiger partial charge is 0.437 e. The van der Waals surface area contributed by atoms with Gasteiger partial charge in [-0.15, -0.1) is 11.3 Å². The van der Waals surface area contributed by atoms with Gasteiger partial charge in [-0.05, 0) is 30.0 Å². The number of benzene rings is 1. The Kier molecular flexibility index (Phi) is 4.31. The Hall–Kier alpha value is -1.33. The maximum Gasteiger partial charge on any atom is 0.243 e. The minimum Gasteiger partial charge on any atom is -0.437 e. The smallest absolute Gasteiger partial charge is 0.243 e. The normalized spacial score (nSPS) is 12.7. The molecule has 0 aliphatic carbocycles. The van der Waals surface area contributed by atoms with E-state index in [1.54, 1.807) is 11.3 Å². The summed E-state index contributed by atoms with van der Waals surface area (Å²) < 4.78 is 8.01. The number of imidazole rings is 1. The number of hydrogen-bond acceptors (Lipinski definition) is 3. The van der Waals surface area contributed by atoms with E-state index in [1.807, 2.05) is 23.7 Å². The summed E-state index contributed by atoms with van der Waals surface area (Å²) in [4.78, 5) is 5.50. The van der Waals surface area contributed by atoms with Crippen LogP contribution in [0.25, 0.3) is 4.96 Å². The first-order valence-corrected chi connectivity index (χ1v) is 9.01. The average molecular weight is 365 g/mol. The molecule has 2 aromatic heterocycles. The Morgan fingerprint density at radius 3 is 2.76 bits per heavy atom. The molecule has 1 unspecified atom stereocenters. The molecule has 1 aromatic carbocycles. The van der Waals surface area contributed by atoms with Gasteiger partial charge in [-0.25, -0.2) is 0 Å². The molecule has 0 radical (unpaired) electrons. The van der Waals surface area contributed by atoms with Gasteiger partial charge in [-0.3, -0.25) is 4.40 Å². The number of fused-ring (bicyclic) bond motifs is 1. The molecular formula is C16H17BrN2OS. The highest BCUT2D eigenvalue weighted by atomic mass is 79.9. The van der Waals surface area contributed by atoms with Crippen molar-refractivity contribution in [2.45, 2.75) is 31.5 Å². The molecular weight excluding hydrogens is 348 g/mol. The summed E-state index contributed by atoms with van der Waals surface area (Å²) in [6.45, 7) is 4.44. The van der Waals surface area contributed by atoms with Gasteiger partial charge in [0.25, 0.3) is 0 Å². The third-order valence-corrected chi connectivity index (χ3v) is 5.01. The van der Waals surface area contributed by atoms with Gasteiger partial charge in [0, 0.05) is 16.9 Å². The number of halogens is 1. The maximum atomic E-state index is 5.96. The van der Waals surface area contributed by atoms with Crippen LogP contribution in [0.3, 0.4) is 0 Å². The maximum absolute atomic E-state index is 5.96. The van der Waals surface area contributed by atoms with E-state index in [4.69, 9.17) is 4.74 Å². The van der Waals surface area contributed by atoms with E-state index in [-0.39, 0.29) is 0 Å². The second kappa shape index (κ2) is 6.20. The molecule has 0 amide bonds. The summed E-state index contributed by atoms with van der Waals surface area (Å²) in [5, 5.41) is 2.74. The van der Waals surface area contributed by atoms with Crippen molar-refractivity contribution in [2.75, 3.05) is 0 Å². The fourth-order valence-electron chi connectivity index (χ4n) is 2.23. The van der Waals surface area contributed by atoms with E-state index < -0.39 is 0 Å². The summed E-state index contributed by atoms with van der Waals surface area (Å²) in [6, 6.07) is 8.31. The van der Waals surface area contributed by atoms with Gasteiger partial charge in [0.2, 0.25) is 5.88 Å². The molecule has 3 aromatic rings. The van der Waals surface area contributed by atoms with Crippen LogP contribution in [0.15, 0.2) is 35.8 Å². The molecule has 110 valence electrons. The van der Waals surface area contributed by atoms with Gasteiger partial charge >= 0.3 is 0 Å². The lowest BCUT2D eigenvalue weighted by Gasteiger charge is -2.10. The molecule has 3 nitrogen and oxygen atoms in total. The molecule has 0 fully saturated rings. The second-order valence-corrected chi connectivity index (χ2v) is 6.47. The monoisotopic (exact) mass is 364 g/mol. The molecule has 0 saturated heterocycles. The van der Waals surface area contributed by atoms with E-state index in [2.05, 4.69) is 51.3 Å². The van der Waals surface area contributed by atoms with Gasteiger partial charge in [0.1, 0.15) is 5.75 Å². The number of nitrogens with zero attached hydrogens (tertiary/aromatic N) is 2. The number of ether oxygens (including phenoxy) is 1. The Morgan fingerprint density at radius 2 is 2.10 bits per heavy atom. The Balaban J connectivity index is 1.86. The molecule has 0 N–H and O–H groups in total. The second-order valence-electron chi connectivity index (χ2n) is 5.03. The lowest BCUT2D eigenvalue weighted by molar-refractivity contribution is 0.461. The first-order valence-electron chi connectivity index (χ1n) is 7.01. The van der Waals surface area contributed by atoms with Crippen molar-refractivity contribution in [1.82, 2.24) is 9.38 Å². The van der Waals surface area contributed by atoms with E-state index in [1.165, 1.54) is 5.56 Å². The predicted octanol–water partition coefficient (Wildman–Crippen LogP) is 5.60. The van der Waals surface area contributed by atoms with Crippen molar-refractivity contribution in [3.63, 3.8) is 0 Å². The Labute approximate surface area is 136 Å². The minimum absolute atomic E-state index is 0.579. The average Bonchev–Trinajstić information content (AvgIpc) is 3.07. The van der Waals surface area contributed by atoms with E-state index in [0.717, 1.165) is 22.8 Å². The molecule has 5 heteroatoms. The van der Waals surface area contributed by atoms with E-state index in [0.29, 0.717) is 17.1 Å². The SMILES string of the molecule is CCC(C)c1ccc(Oc2nc3sccn3c2CBr)cc1. The van der Waals surface area contributed by atoms with Crippen LogP contribution >= 0.6 is 27.3 Å². The van der Waals surface area contributed by atoms with E-state index in [9.17, 15) is 0 Å². The van der Waals surface area contributed by atoms with Crippen LogP contribution in [0.5, 0.6) is 11.6 Å². The van der Waals surface area contributed by atoms with Crippen LogP contribution in [0.2, 0.25) is 0 Å². The van der Waals surface area contributed by atoms with Crippen molar-refractivity contribution in [2.24, 2.45) is 0 Å². The first-order chi connectivity index (χ1) is 10.2. The highest BCUT2D eigenvalue weighted by Gasteiger charge is 2.14. The summed E-state index contributed by atoms with van der Waals surface area (Å²) in [5.74, 6) is 2.08. The molecule has 0 saturated carbocycles. The summed E-state index contributed by atoms with van der Waals surface area (Å²) in [6.07, 6.45) is 3.16. The van der Waals surface area contributed by atoms with Gasteiger partial charge in [-0.2, -0.15) is 4.98 Å². The Bertz CT molecular complexity index is 732. The van der Waals surface area contributed by atoms with Crippen LogP contribution in [0.1, 0.15) is 37.4 Å². The van der Waals surface area contributed by atoms with Gasteiger partial charge in [0.05, 0.1) is 5.69 Å². The fourth-order valence-corrected chi connectivity index (χ4v) is 3.46. The molecule has 0 bridgehead atoms. The highest BCUT2D eigenvalue weighted by Crippen LogP contribution is 2.30. The Morgan fingerprint density at radius 1 is 1.33 bits per heavy atom. The molecule has 0 aliphatic heterocycles. The highest BCUT2D eigenvalue weighted by molar-refractivity contribution is 9.08. The van der Waals surface area contributed by atoms with Gasteiger partial charge in [0.15, 0.2) is 4.96 Å². The third kappa shape index (κ3) is 2.85. The quantitative estimate of drug-likeness (QED) is 0.551. The van der Waals surface area contributed by atoms with E-state index >= 15 is 0 Å². The summed E-state index contributed by atoms with van der Waals surface area (Å²) in [7, 11) is 0. The predicted molar refractivity (Wildman–Crippen MR) is 90.9 cm³/mol. The van der Waals surface area contributed by atoms with Gasteiger partial charge < -0.3 is 4.74 Å². The lowest BCUT2D eigenvalue weighted by Crippen LogP contribution is -1.93. The zero-order chi connectivity index (χ0) is 14.8. The summed E-state index contributed by atoms with van der Waals surface area (Å²) >= 11 is 5.12. The molecule has 1 atom stereocenters. The topological polar surface area (TPSA) is 26.5 Å².